The van der Waals surface area contributed by atoms with Crippen LogP contribution in [0.5, 0.6) is 11.5 Å². The number of benzene rings is 2. The fourth-order valence-electron chi connectivity index (χ4n) is 2.65. The smallest absolute Gasteiger partial charge is 0.274 e. The van der Waals surface area contributed by atoms with Gasteiger partial charge >= 0.3 is 0 Å². The van der Waals surface area contributed by atoms with Crippen molar-refractivity contribution in [2.45, 2.75) is 0 Å². The fourth-order valence-corrected chi connectivity index (χ4v) is 2.65. The molecule has 0 aliphatic carbocycles. The highest BCUT2D eigenvalue weighted by Crippen LogP contribution is 2.29. The second-order valence-corrected chi connectivity index (χ2v) is 6.02. The molecule has 0 bridgehead atoms. The number of rotatable bonds is 8. The quantitative estimate of drug-likeness (QED) is 0.565. The summed E-state index contributed by atoms with van der Waals surface area (Å²) in [6.45, 7) is 4.20. The van der Waals surface area contributed by atoms with Gasteiger partial charge in [-0.05, 0) is 12.1 Å². The van der Waals surface area contributed by atoms with Gasteiger partial charge in [-0.2, -0.15) is 0 Å². The number of hydrogen-bond donors (Lipinski definition) is 2. The summed E-state index contributed by atoms with van der Waals surface area (Å²) in [4.78, 5) is 21.9. The van der Waals surface area contributed by atoms with Crippen LogP contribution < -0.4 is 20.1 Å². The first-order valence-corrected chi connectivity index (χ1v) is 8.97. The maximum Gasteiger partial charge on any atom is 0.274 e. The number of carbonyl (C=O) groups excluding carboxylic acids is 1. The summed E-state index contributed by atoms with van der Waals surface area (Å²) in [6.07, 6.45) is 1.71. The first kappa shape index (κ1) is 19.9. The van der Waals surface area contributed by atoms with Gasteiger partial charge in [-0.15, -0.1) is 6.58 Å². The van der Waals surface area contributed by atoms with E-state index in [0.29, 0.717) is 35.4 Å². The SMILES string of the molecule is C=CCNc1cc(C(=O)Nc2cc(OC)ccc2OC)nc(-c2ccccc2)n1. The standard InChI is InChI=1S/C22H22N4O3/c1-4-12-23-20-14-18(24-21(26-20)15-8-6-5-7-9-15)22(27)25-17-13-16(28-2)10-11-19(17)29-3/h4-11,13-14H,1,12H2,2-3H3,(H,25,27)(H,23,24,26). The Labute approximate surface area is 169 Å². The van der Waals surface area contributed by atoms with Crippen LogP contribution in [-0.4, -0.2) is 36.6 Å². The summed E-state index contributed by atoms with van der Waals surface area (Å²) >= 11 is 0. The van der Waals surface area contributed by atoms with Crippen LogP contribution in [0.3, 0.4) is 0 Å². The lowest BCUT2D eigenvalue weighted by atomic mass is 10.2. The molecule has 1 heterocycles. The van der Waals surface area contributed by atoms with Gasteiger partial charge in [0.25, 0.3) is 5.91 Å². The van der Waals surface area contributed by atoms with Gasteiger partial charge in [0.05, 0.1) is 19.9 Å². The van der Waals surface area contributed by atoms with E-state index in [-0.39, 0.29) is 5.69 Å². The second kappa shape index (κ2) is 9.36. The Bertz CT molecular complexity index is 1010. The number of anilines is 2. The lowest BCUT2D eigenvalue weighted by Crippen LogP contribution is -2.16. The first-order valence-electron chi connectivity index (χ1n) is 8.97. The van der Waals surface area contributed by atoms with E-state index in [9.17, 15) is 4.79 Å². The van der Waals surface area contributed by atoms with Gasteiger partial charge in [0.15, 0.2) is 5.82 Å². The van der Waals surface area contributed by atoms with Crippen LogP contribution in [0.2, 0.25) is 0 Å². The molecule has 1 aromatic heterocycles. The molecule has 1 amide bonds. The maximum absolute atomic E-state index is 12.9. The van der Waals surface area contributed by atoms with Crippen molar-refractivity contribution in [3.63, 3.8) is 0 Å². The molecule has 7 heteroatoms. The number of amides is 1. The number of nitrogens with zero attached hydrogens (tertiary/aromatic N) is 2. The van der Waals surface area contributed by atoms with Crippen LogP contribution in [0.25, 0.3) is 11.4 Å². The average molecular weight is 390 g/mol. The summed E-state index contributed by atoms with van der Waals surface area (Å²) in [5.74, 6) is 1.70. The van der Waals surface area contributed by atoms with Gasteiger partial charge in [0, 0.05) is 24.2 Å². The molecule has 0 unspecified atom stereocenters. The lowest BCUT2D eigenvalue weighted by Gasteiger charge is -2.13. The van der Waals surface area contributed by atoms with Gasteiger partial charge in [-0.3, -0.25) is 4.79 Å². The Morgan fingerprint density at radius 1 is 1.07 bits per heavy atom. The van der Waals surface area contributed by atoms with Crippen LogP contribution in [-0.2, 0) is 0 Å². The molecule has 0 fully saturated rings. The summed E-state index contributed by atoms with van der Waals surface area (Å²) in [7, 11) is 3.09. The minimum absolute atomic E-state index is 0.218. The largest absolute Gasteiger partial charge is 0.497 e. The summed E-state index contributed by atoms with van der Waals surface area (Å²) < 4.78 is 10.6. The molecule has 0 aliphatic heterocycles. The molecule has 3 aromatic rings. The zero-order valence-electron chi connectivity index (χ0n) is 16.3. The highest BCUT2D eigenvalue weighted by molar-refractivity contribution is 6.04. The molecular formula is C22H22N4O3. The topological polar surface area (TPSA) is 85.4 Å². The molecule has 29 heavy (non-hydrogen) atoms. The van der Waals surface area contributed by atoms with Gasteiger partial charge < -0.3 is 20.1 Å². The van der Waals surface area contributed by atoms with E-state index in [2.05, 4.69) is 27.2 Å². The molecule has 0 aliphatic rings. The molecule has 2 N–H and O–H groups in total. The van der Waals surface area contributed by atoms with Gasteiger partial charge in [-0.1, -0.05) is 36.4 Å². The van der Waals surface area contributed by atoms with Crippen molar-refractivity contribution in [1.29, 1.82) is 0 Å². The summed E-state index contributed by atoms with van der Waals surface area (Å²) in [5.41, 5.74) is 1.51. The van der Waals surface area contributed by atoms with E-state index >= 15 is 0 Å². The fraction of sp³-hybridized carbons (Fsp3) is 0.136. The van der Waals surface area contributed by atoms with Crippen molar-refractivity contribution in [1.82, 2.24) is 9.97 Å². The Morgan fingerprint density at radius 3 is 2.55 bits per heavy atom. The number of nitrogens with one attached hydrogen (secondary N) is 2. The number of hydrogen-bond acceptors (Lipinski definition) is 6. The van der Waals surface area contributed by atoms with Crippen molar-refractivity contribution in [2.75, 3.05) is 31.4 Å². The third-order valence-corrected chi connectivity index (χ3v) is 4.07. The number of methoxy groups -OCH3 is 2. The van der Waals surface area contributed by atoms with E-state index in [1.807, 2.05) is 30.3 Å². The molecule has 0 saturated heterocycles. The van der Waals surface area contributed by atoms with Crippen LogP contribution >= 0.6 is 0 Å². The predicted molar refractivity (Wildman–Crippen MR) is 114 cm³/mol. The highest BCUT2D eigenvalue weighted by Gasteiger charge is 2.15. The molecule has 7 nitrogen and oxygen atoms in total. The summed E-state index contributed by atoms with van der Waals surface area (Å²) in [6, 6.07) is 16.2. The molecule has 148 valence electrons. The van der Waals surface area contributed by atoms with E-state index < -0.39 is 5.91 Å². The number of ether oxygens (including phenoxy) is 2. The highest BCUT2D eigenvalue weighted by atomic mass is 16.5. The van der Waals surface area contributed by atoms with Crippen LogP contribution in [0.15, 0.2) is 67.3 Å². The average Bonchev–Trinajstić information content (AvgIpc) is 2.78. The third kappa shape index (κ3) is 4.90. The maximum atomic E-state index is 12.9. The van der Waals surface area contributed by atoms with Gasteiger partial charge in [-0.25, -0.2) is 9.97 Å². The van der Waals surface area contributed by atoms with Crippen LogP contribution in [0.4, 0.5) is 11.5 Å². The Balaban J connectivity index is 1.96. The molecular weight excluding hydrogens is 368 g/mol. The normalized spacial score (nSPS) is 10.1. The van der Waals surface area contributed by atoms with Crippen molar-refractivity contribution in [3.05, 3.63) is 72.9 Å². The minimum atomic E-state index is -0.391. The molecule has 0 radical (unpaired) electrons. The van der Waals surface area contributed by atoms with E-state index in [0.717, 1.165) is 5.56 Å². The molecule has 0 saturated carbocycles. The lowest BCUT2D eigenvalue weighted by molar-refractivity contribution is 0.102. The van der Waals surface area contributed by atoms with Crippen molar-refractivity contribution in [3.8, 4) is 22.9 Å². The van der Waals surface area contributed by atoms with Gasteiger partial charge in [0.1, 0.15) is 23.0 Å². The monoisotopic (exact) mass is 390 g/mol. The van der Waals surface area contributed by atoms with E-state index in [4.69, 9.17) is 9.47 Å². The van der Waals surface area contributed by atoms with Crippen molar-refractivity contribution in [2.24, 2.45) is 0 Å². The Hall–Kier alpha value is -3.87. The molecule has 0 atom stereocenters. The first-order chi connectivity index (χ1) is 14.1. The van der Waals surface area contributed by atoms with Crippen LogP contribution in [0.1, 0.15) is 10.5 Å². The third-order valence-electron chi connectivity index (χ3n) is 4.07. The zero-order valence-corrected chi connectivity index (χ0v) is 16.3. The molecule has 2 aromatic carbocycles. The number of aromatic nitrogens is 2. The zero-order chi connectivity index (χ0) is 20.6. The second-order valence-electron chi connectivity index (χ2n) is 6.02. The minimum Gasteiger partial charge on any atom is -0.497 e. The molecule has 3 rings (SSSR count). The van der Waals surface area contributed by atoms with Crippen molar-refractivity contribution < 1.29 is 14.3 Å². The predicted octanol–water partition coefficient (Wildman–Crippen LogP) is 4.01. The summed E-state index contributed by atoms with van der Waals surface area (Å²) in [5, 5.41) is 5.94. The van der Waals surface area contributed by atoms with Gasteiger partial charge in [0.2, 0.25) is 0 Å². The van der Waals surface area contributed by atoms with E-state index in [1.165, 1.54) is 7.11 Å². The van der Waals surface area contributed by atoms with Crippen molar-refractivity contribution >= 4 is 17.4 Å². The Kier molecular flexibility index (Phi) is 6.42. The molecule has 0 spiro atoms. The van der Waals surface area contributed by atoms with Crippen LogP contribution in [0, 0.1) is 0 Å². The number of carbonyl (C=O) groups is 1. The van der Waals surface area contributed by atoms with E-state index in [1.54, 1.807) is 37.5 Å². The Morgan fingerprint density at radius 2 is 1.86 bits per heavy atom.